The summed E-state index contributed by atoms with van der Waals surface area (Å²) in [5, 5.41) is 0.440. The zero-order valence-electron chi connectivity index (χ0n) is 10.9. The first-order chi connectivity index (χ1) is 9.08. The molecular weight excluding hydrogens is 260 g/mol. The molecule has 0 unspecified atom stereocenters. The smallest absolute Gasteiger partial charge is 0.161 e. The maximum absolute atomic E-state index is 11.5. The lowest BCUT2D eigenvalue weighted by molar-refractivity contribution is 0.101. The number of aryl methyl sites for hydroxylation is 1. The van der Waals surface area contributed by atoms with Gasteiger partial charge in [-0.3, -0.25) is 4.79 Å². The molecule has 0 aliphatic heterocycles. The van der Waals surface area contributed by atoms with Gasteiger partial charge in [0, 0.05) is 5.56 Å². The van der Waals surface area contributed by atoms with E-state index in [4.69, 9.17) is 16.3 Å². The highest BCUT2D eigenvalue weighted by molar-refractivity contribution is 6.34. The fourth-order valence-corrected chi connectivity index (χ4v) is 2.37. The van der Waals surface area contributed by atoms with Crippen LogP contribution in [0.25, 0.3) is 0 Å². The topological polar surface area (TPSA) is 26.3 Å². The number of carbonyl (C=O) groups excluding carboxylic acids is 1. The zero-order valence-corrected chi connectivity index (χ0v) is 11.7. The van der Waals surface area contributed by atoms with Crippen molar-refractivity contribution in [3.63, 3.8) is 0 Å². The Morgan fingerprint density at radius 1 is 1.21 bits per heavy atom. The average molecular weight is 275 g/mol. The largest absolute Gasteiger partial charge is 0.489 e. The van der Waals surface area contributed by atoms with Crippen LogP contribution in [0.2, 0.25) is 5.02 Å². The molecule has 0 atom stereocenters. The molecule has 0 aromatic heterocycles. The van der Waals surface area contributed by atoms with Gasteiger partial charge >= 0.3 is 0 Å². The normalized spacial score (nSPS) is 10.3. The van der Waals surface area contributed by atoms with Crippen LogP contribution in [0.1, 0.15) is 28.4 Å². The molecule has 98 valence electrons. The molecule has 2 rings (SSSR count). The van der Waals surface area contributed by atoms with Gasteiger partial charge in [-0.2, -0.15) is 0 Å². The molecule has 0 heterocycles. The Bertz CT molecular complexity index is 568. The second kappa shape index (κ2) is 5.89. The van der Waals surface area contributed by atoms with Gasteiger partial charge in [-0.05, 0) is 37.1 Å². The third kappa shape index (κ3) is 3.36. The van der Waals surface area contributed by atoms with E-state index in [9.17, 15) is 4.79 Å². The molecule has 2 aromatic carbocycles. The molecule has 2 aromatic rings. The van der Waals surface area contributed by atoms with Crippen molar-refractivity contribution in [2.24, 2.45) is 0 Å². The van der Waals surface area contributed by atoms with E-state index in [-0.39, 0.29) is 5.78 Å². The van der Waals surface area contributed by atoms with Gasteiger partial charge in [0.05, 0.1) is 5.02 Å². The molecule has 0 fully saturated rings. The number of rotatable bonds is 4. The summed E-state index contributed by atoms with van der Waals surface area (Å²) in [7, 11) is 0. The molecule has 0 saturated carbocycles. The SMILES string of the molecule is CC(=O)c1c(C)cc(OCc2ccccc2)cc1Cl. The number of hydrogen-bond donors (Lipinski definition) is 0. The maximum Gasteiger partial charge on any atom is 0.161 e. The summed E-state index contributed by atoms with van der Waals surface area (Å²) in [4.78, 5) is 11.5. The Kier molecular flexibility index (Phi) is 4.23. The van der Waals surface area contributed by atoms with Crippen molar-refractivity contribution in [2.75, 3.05) is 0 Å². The van der Waals surface area contributed by atoms with Crippen molar-refractivity contribution < 1.29 is 9.53 Å². The van der Waals surface area contributed by atoms with E-state index in [2.05, 4.69) is 0 Å². The highest BCUT2D eigenvalue weighted by Crippen LogP contribution is 2.27. The molecule has 0 spiro atoms. The summed E-state index contributed by atoms with van der Waals surface area (Å²) >= 11 is 6.11. The van der Waals surface area contributed by atoms with Crippen molar-refractivity contribution in [1.29, 1.82) is 0 Å². The lowest BCUT2D eigenvalue weighted by Gasteiger charge is -2.10. The van der Waals surface area contributed by atoms with Gasteiger partial charge in [0.1, 0.15) is 12.4 Å². The molecule has 0 N–H and O–H groups in total. The summed E-state index contributed by atoms with van der Waals surface area (Å²) in [6.07, 6.45) is 0. The molecule has 19 heavy (non-hydrogen) atoms. The molecule has 0 amide bonds. The fourth-order valence-electron chi connectivity index (χ4n) is 1.98. The van der Waals surface area contributed by atoms with Gasteiger partial charge in [-0.1, -0.05) is 41.9 Å². The van der Waals surface area contributed by atoms with Crippen molar-refractivity contribution in [3.05, 3.63) is 64.2 Å². The van der Waals surface area contributed by atoms with Gasteiger partial charge < -0.3 is 4.74 Å². The third-order valence-electron chi connectivity index (χ3n) is 2.86. The quantitative estimate of drug-likeness (QED) is 0.771. The Morgan fingerprint density at radius 2 is 1.89 bits per heavy atom. The lowest BCUT2D eigenvalue weighted by atomic mass is 10.1. The Labute approximate surface area is 118 Å². The van der Waals surface area contributed by atoms with Crippen LogP contribution in [0.4, 0.5) is 0 Å². The molecular formula is C16H15ClO2. The first kappa shape index (κ1) is 13.6. The Hall–Kier alpha value is -1.80. The van der Waals surface area contributed by atoms with Crippen LogP contribution in [-0.4, -0.2) is 5.78 Å². The van der Waals surface area contributed by atoms with E-state index < -0.39 is 0 Å². The fraction of sp³-hybridized carbons (Fsp3) is 0.188. The molecule has 0 bridgehead atoms. The first-order valence-corrected chi connectivity index (χ1v) is 6.43. The molecule has 0 aliphatic rings. The molecule has 2 nitrogen and oxygen atoms in total. The van der Waals surface area contributed by atoms with Crippen molar-refractivity contribution in [1.82, 2.24) is 0 Å². The van der Waals surface area contributed by atoms with Crippen LogP contribution < -0.4 is 4.74 Å². The highest BCUT2D eigenvalue weighted by Gasteiger charge is 2.11. The number of carbonyl (C=O) groups is 1. The van der Waals surface area contributed by atoms with Gasteiger partial charge in [-0.25, -0.2) is 0 Å². The molecule has 0 radical (unpaired) electrons. The van der Waals surface area contributed by atoms with E-state index in [1.54, 1.807) is 6.07 Å². The number of halogens is 1. The van der Waals surface area contributed by atoms with Crippen molar-refractivity contribution >= 4 is 17.4 Å². The molecule has 3 heteroatoms. The number of ether oxygens (including phenoxy) is 1. The minimum atomic E-state index is -0.0305. The van der Waals surface area contributed by atoms with Crippen molar-refractivity contribution in [2.45, 2.75) is 20.5 Å². The number of Topliss-reactive ketones (excluding diaryl/α,β-unsaturated/α-hetero) is 1. The van der Waals surface area contributed by atoms with Crippen LogP contribution in [0.3, 0.4) is 0 Å². The highest BCUT2D eigenvalue weighted by atomic mass is 35.5. The second-order valence-corrected chi connectivity index (χ2v) is 4.83. The summed E-state index contributed by atoms with van der Waals surface area (Å²) in [6, 6.07) is 13.4. The van der Waals surface area contributed by atoms with Gasteiger partial charge in [0.15, 0.2) is 5.78 Å². The lowest BCUT2D eigenvalue weighted by Crippen LogP contribution is -2.00. The minimum Gasteiger partial charge on any atom is -0.489 e. The van der Waals surface area contributed by atoms with E-state index in [0.29, 0.717) is 22.9 Å². The number of benzene rings is 2. The van der Waals surface area contributed by atoms with Crippen LogP contribution in [0.15, 0.2) is 42.5 Å². The molecule has 0 aliphatic carbocycles. The van der Waals surface area contributed by atoms with Gasteiger partial charge in [0.25, 0.3) is 0 Å². The monoisotopic (exact) mass is 274 g/mol. The summed E-state index contributed by atoms with van der Waals surface area (Å²) in [6.45, 7) is 3.85. The molecule has 0 saturated heterocycles. The standard InChI is InChI=1S/C16H15ClO2/c1-11-8-14(9-15(17)16(11)12(2)18)19-10-13-6-4-3-5-7-13/h3-9H,10H2,1-2H3. The van der Waals surface area contributed by atoms with E-state index in [1.807, 2.05) is 43.3 Å². The van der Waals surface area contributed by atoms with Crippen LogP contribution in [-0.2, 0) is 6.61 Å². The van der Waals surface area contributed by atoms with Gasteiger partial charge in [-0.15, -0.1) is 0 Å². The van der Waals surface area contributed by atoms with Crippen LogP contribution >= 0.6 is 11.6 Å². The third-order valence-corrected chi connectivity index (χ3v) is 3.16. The van der Waals surface area contributed by atoms with E-state index >= 15 is 0 Å². The maximum atomic E-state index is 11.5. The summed E-state index contributed by atoms with van der Waals surface area (Å²) in [5.41, 5.74) is 2.49. The van der Waals surface area contributed by atoms with Crippen LogP contribution in [0, 0.1) is 6.92 Å². The second-order valence-electron chi connectivity index (χ2n) is 4.43. The van der Waals surface area contributed by atoms with E-state index in [1.165, 1.54) is 6.92 Å². The first-order valence-electron chi connectivity index (χ1n) is 6.05. The predicted molar refractivity (Wildman–Crippen MR) is 77.0 cm³/mol. The summed E-state index contributed by atoms with van der Waals surface area (Å²) < 4.78 is 5.69. The number of hydrogen-bond acceptors (Lipinski definition) is 2. The Balaban J connectivity index is 2.16. The Morgan fingerprint density at radius 3 is 2.47 bits per heavy atom. The average Bonchev–Trinajstić information content (AvgIpc) is 2.36. The van der Waals surface area contributed by atoms with Gasteiger partial charge in [0.2, 0.25) is 0 Å². The van der Waals surface area contributed by atoms with Crippen LogP contribution in [0.5, 0.6) is 5.75 Å². The minimum absolute atomic E-state index is 0.0305. The number of ketones is 1. The summed E-state index contributed by atoms with van der Waals surface area (Å²) in [5.74, 6) is 0.647. The predicted octanol–water partition coefficient (Wildman–Crippen LogP) is 4.43. The zero-order chi connectivity index (χ0) is 13.8. The van der Waals surface area contributed by atoms with E-state index in [0.717, 1.165) is 11.1 Å². The van der Waals surface area contributed by atoms with Crippen molar-refractivity contribution in [3.8, 4) is 5.75 Å².